The quantitative estimate of drug-likeness (QED) is 0.798. The van der Waals surface area contributed by atoms with E-state index in [4.69, 9.17) is 0 Å². The molecular weight excluding hydrogens is 186 g/mol. The average molecular weight is 205 g/mol. The Kier molecular flexibility index (Phi) is 3.31. The molecule has 1 aliphatic rings. The topological polar surface area (TPSA) is 37.8 Å². The summed E-state index contributed by atoms with van der Waals surface area (Å²) >= 11 is 0. The van der Waals surface area contributed by atoms with E-state index >= 15 is 0 Å². The molecule has 1 aromatic heterocycles. The van der Waals surface area contributed by atoms with Crippen LogP contribution in [0.3, 0.4) is 0 Å². The first-order valence-corrected chi connectivity index (χ1v) is 5.76. The van der Waals surface area contributed by atoms with Crippen molar-refractivity contribution in [3.8, 4) is 0 Å². The molecule has 0 aliphatic heterocycles. The van der Waals surface area contributed by atoms with E-state index < -0.39 is 0 Å². The molecule has 82 valence electrons. The van der Waals surface area contributed by atoms with Crippen LogP contribution in [0.1, 0.15) is 38.3 Å². The third-order valence-electron chi connectivity index (χ3n) is 3.21. The highest BCUT2D eigenvalue weighted by Crippen LogP contribution is 2.23. The van der Waals surface area contributed by atoms with Crippen LogP contribution < -0.4 is 5.32 Å². The molecule has 1 aromatic rings. The third-order valence-corrected chi connectivity index (χ3v) is 3.21. The molecule has 1 heterocycles. The summed E-state index contributed by atoms with van der Waals surface area (Å²) in [6, 6.07) is 0.793. The molecule has 0 aromatic carbocycles. The van der Waals surface area contributed by atoms with Crippen molar-refractivity contribution in [2.45, 2.75) is 38.6 Å². The van der Waals surface area contributed by atoms with E-state index in [0.29, 0.717) is 11.8 Å². The van der Waals surface area contributed by atoms with E-state index in [1.54, 1.807) is 12.4 Å². The van der Waals surface area contributed by atoms with Crippen LogP contribution in [-0.4, -0.2) is 22.6 Å². The van der Waals surface area contributed by atoms with Crippen molar-refractivity contribution in [2.75, 3.05) is 6.54 Å². The summed E-state index contributed by atoms with van der Waals surface area (Å²) in [6.07, 6.45) is 8.08. The van der Waals surface area contributed by atoms with Crippen LogP contribution in [0, 0.1) is 5.92 Å². The minimum Gasteiger partial charge on any atom is -0.314 e. The minimum absolute atomic E-state index is 0.477. The predicted molar refractivity (Wildman–Crippen MR) is 60.6 cm³/mol. The van der Waals surface area contributed by atoms with Crippen molar-refractivity contribution in [3.05, 3.63) is 24.3 Å². The molecule has 3 nitrogen and oxygen atoms in total. The molecule has 1 N–H and O–H groups in total. The average Bonchev–Trinajstić information content (AvgIpc) is 3.10. The lowest BCUT2D eigenvalue weighted by molar-refractivity contribution is 0.439. The fourth-order valence-electron chi connectivity index (χ4n) is 1.65. The van der Waals surface area contributed by atoms with Gasteiger partial charge >= 0.3 is 0 Å². The maximum Gasteiger partial charge on any atom is 0.0617 e. The Morgan fingerprint density at radius 3 is 2.80 bits per heavy atom. The first kappa shape index (κ1) is 10.6. The molecular formula is C12H19N3. The monoisotopic (exact) mass is 205 g/mol. The van der Waals surface area contributed by atoms with Crippen LogP contribution in [0.15, 0.2) is 18.6 Å². The number of rotatable bonds is 5. The Bertz CT molecular complexity index is 295. The van der Waals surface area contributed by atoms with Crippen LogP contribution in [0.4, 0.5) is 0 Å². The lowest BCUT2D eigenvalue weighted by Gasteiger charge is -2.19. The molecule has 0 spiro atoms. The molecule has 0 amide bonds. The van der Waals surface area contributed by atoms with Gasteiger partial charge in [0.1, 0.15) is 0 Å². The van der Waals surface area contributed by atoms with E-state index in [1.165, 1.54) is 12.8 Å². The summed E-state index contributed by atoms with van der Waals surface area (Å²) in [5.41, 5.74) is 1.10. The largest absolute Gasteiger partial charge is 0.314 e. The van der Waals surface area contributed by atoms with Gasteiger partial charge in [-0.3, -0.25) is 9.97 Å². The predicted octanol–water partition coefficient (Wildman–Crippen LogP) is 1.97. The summed E-state index contributed by atoms with van der Waals surface area (Å²) in [4.78, 5) is 8.47. The molecule has 0 bridgehead atoms. The molecule has 1 aliphatic carbocycles. The van der Waals surface area contributed by atoms with Crippen molar-refractivity contribution in [1.82, 2.24) is 15.3 Å². The van der Waals surface area contributed by atoms with Gasteiger partial charge in [0, 0.05) is 30.6 Å². The summed E-state index contributed by atoms with van der Waals surface area (Å²) in [6.45, 7) is 5.58. The van der Waals surface area contributed by atoms with Gasteiger partial charge < -0.3 is 5.32 Å². The smallest absolute Gasteiger partial charge is 0.0617 e. The van der Waals surface area contributed by atoms with Gasteiger partial charge in [-0.25, -0.2) is 0 Å². The standard InChI is InChI=1S/C12H19N3/c1-9(7-15-11-3-4-11)10(2)12-8-13-5-6-14-12/h5-6,8-11,15H,3-4,7H2,1-2H3. The highest BCUT2D eigenvalue weighted by molar-refractivity contribution is 5.03. The van der Waals surface area contributed by atoms with Gasteiger partial charge in [0.05, 0.1) is 5.69 Å². The first-order valence-electron chi connectivity index (χ1n) is 5.76. The molecule has 0 radical (unpaired) electrons. The molecule has 2 atom stereocenters. The Balaban J connectivity index is 1.85. The van der Waals surface area contributed by atoms with Crippen LogP contribution in [-0.2, 0) is 0 Å². The van der Waals surface area contributed by atoms with Gasteiger partial charge in [-0.2, -0.15) is 0 Å². The molecule has 2 unspecified atom stereocenters. The molecule has 1 fully saturated rings. The first-order chi connectivity index (χ1) is 7.27. The van der Waals surface area contributed by atoms with Crippen molar-refractivity contribution in [2.24, 2.45) is 5.92 Å². The van der Waals surface area contributed by atoms with Crippen LogP contribution >= 0.6 is 0 Å². The van der Waals surface area contributed by atoms with Gasteiger partial charge in [-0.05, 0) is 25.3 Å². The summed E-state index contributed by atoms with van der Waals surface area (Å²) in [5, 5.41) is 3.56. The second-order valence-electron chi connectivity index (χ2n) is 4.58. The minimum atomic E-state index is 0.477. The third kappa shape index (κ3) is 2.99. The van der Waals surface area contributed by atoms with Crippen molar-refractivity contribution in [3.63, 3.8) is 0 Å². The number of hydrogen-bond acceptors (Lipinski definition) is 3. The van der Waals surface area contributed by atoms with Crippen LogP contribution in [0.25, 0.3) is 0 Å². The lowest BCUT2D eigenvalue weighted by Crippen LogP contribution is -2.26. The van der Waals surface area contributed by atoms with E-state index in [-0.39, 0.29) is 0 Å². The normalized spacial score (nSPS) is 19.9. The molecule has 2 rings (SSSR count). The van der Waals surface area contributed by atoms with Gasteiger partial charge in [0.15, 0.2) is 0 Å². The molecule has 1 saturated carbocycles. The van der Waals surface area contributed by atoms with E-state index in [1.807, 2.05) is 6.20 Å². The van der Waals surface area contributed by atoms with Crippen molar-refractivity contribution < 1.29 is 0 Å². The molecule has 0 saturated heterocycles. The Hall–Kier alpha value is -0.960. The molecule has 15 heavy (non-hydrogen) atoms. The highest BCUT2D eigenvalue weighted by Gasteiger charge is 2.23. The molecule has 3 heteroatoms. The van der Waals surface area contributed by atoms with E-state index in [0.717, 1.165) is 18.3 Å². The van der Waals surface area contributed by atoms with Gasteiger partial charge in [0.25, 0.3) is 0 Å². The van der Waals surface area contributed by atoms with Crippen molar-refractivity contribution >= 4 is 0 Å². The SMILES string of the molecule is CC(CNC1CC1)C(C)c1cnccn1. The highest BCUT2D eigenvalue weighted by atomic mass is 14.9. The Labute approximate surface area is 91.3 Å². The summed E-state index contributed by atoms with van der Waals surface area (Å²) in [7, 11) is 0. The zero-order chi connectivity index (χ0) is 10.7. The number of nitrogens with one attached hydrogen (secondary N) is 1. The maximum absolute atomic E-state index is 4.35. The van der Waals surface area contributed by atoms with Gasteiger partial charge in [0.2, 0.25) is 0 Å². The lowest BCUT2D eigenvalue weighted by atomic mass is 9.93. The second-order valence-corrected chi connectivity index (χ2v) is 4.58. The van der Waals surface area contributed by atoms with E-state index in [9.17, 15) is 0 Å². The number of hydrogen-bond donors (Lipinski definition) is 1. The van der Waals surface area contributed by atoms with Crippen LogP contribution in [0.5, 0.6) is 0 Å². The van der Waals surface area contributed by atoms with E-state index in [2.05, 4.69) is 29.1 Å². The van der Waals surface area contributed by atoms with Crippen LogP contribution in [0.2, 0.25) is 0 Å². The fraction of sp³-hybridized carbons (Fsp3) is 0.667. The summed E-state index contributed by atoms with van der Waals surface area (Å²) in [5.74, 6) is 1.09. The Morgan fingerprint density at radius 2 is 2.20 bits per heavy atom. The Morgan fingerprint density at radius 1 is 1.40 bits per heavy atom. The fourth-order valence-corrected chi connectivity index (χ4v) is 1.65. The summed E-state index contributed by atoms with van der Waals surface area (Å²) < 4.78 is 0. The zero-order valence-corrected chi connectivity index (χ0v) is 9.48. The number of aromatic nitrogens is 2. The van der Waals surface area contributed by atoms with Gasteiger partial charge in [-0.1, -0.05) is 13.8 Å². The number of nitrogens with zero attached hydrogens (tertiary/aromatic N) is 2. The van der Waals surface area contributed by atoms with Crippen molar-refractivity contribution in [1.29, 1.82) is 0 Å². The maximum atomic E-state index is 4.35. The zero-order valence-electron chi connectivity index (χ0n) is 9.48. The second kappa shape index (κ2) is 4.71. The van der Waals surface area contributed by atoms with Gasteiger partial charge in [-0.15, -0.1) is 0 Å².